The van der Waals surface area contributed by atoms with Gasteiger partial charge in [0.25, 0.3) is 5.91 Å². The molecular weight excluding hydrogens is 431 g/mol. The number of aryl methyl sites for hydroxylation is 1. The maximum Gasteiger partial charge on any atom is 0.257 e. The van der Waals surface area contributed by atoms with Crippen molar-refractivity contribution in [3.8, 4) is 0 Å². The van der Waals surface area contributed by atoms with Gasteiger partial charge in [0.2, 0.25) is 5.91 Å². The molecule has 2 fully saturated rings. The summed E-state index contributed by atoms with van der Waals surface area (Å²) in [4.78, 5) is 30.3. The van der Waals surface area contributed by atoms with Gasteiger partial charge in [-0.05, 0) is 74.5 Å². The van der Waals surface area contributed by atoms with E-state index in [0.29, 0.717) is 54.1 Å². The molecule has 5 nitrogen and oxygen atoms in total. The van der Waals surface area contributed by atoms with Crippen LogP contribution in [0.2, 0.25) is 0 Å². The van der Waals surface area contributed by atoms with E-state index in [4.69, 9.17) is 4.42 Å². The number of likely N-dealkylation sites (tertiary alicyclic amines) is 1. The number of likely N-dealkylation sites (N-methyl/N-ethyl adjacent to an activating group) is 1. The predicted molar refractivity (Wildman–Crippen MR) is 128 cm³/mol. The highest BCUT2D eigenvalue weighted by Gasteiger charge is 2.42. The van der Waals surface area contributed by atoms with Gasteiger partial charge in [-0.15, -0.1) is 0 Å². The van der Waals surface area contributed by atoms with Crippen molar-refractivity contribution < 1.29 is 18.4 Å². The van der Waals surface area contributed by atoms with Gasteiger partial charge in [0.1, 0.15) is 11.6 Å². The zero-order valence-corrected chi connectivity index (χ0v) is 20.0. The number of furan rings is 1. The number of halogens is 1. The Labute approximate surface area is 200 Å². The molecule has 3 aliphatic rings. The first-order valence-electron chi connectivity index (χ1n) is 12.4. The molecule has 1 aromatic heterocycles. The zero-order valence-electron chi connectivity index (χ0n) is 20.0. The molecule has 180 valence electrons. The van der Waals surface area contributed by atoms with E-state index in [2.05, 4.69) is 12.2 Å². The summed E-state index contributed by atoms with van der Waals surface area (Å²) >= 11 is 0. The van der Waals surface area contributed by atoms with Crippen LogP contribution in [0.4, 0.5) is 4.39 Å². The second-order valence-corrected chi connectivity index (χ2v) is 10.2. The summed E-state index contributed by atoms with van der Waals surface area (Å²) in [6.45, 7) is 3.17. The molecule has 1 unspecified atom stereocenters. The molecule has 1 saturated heterocycles. The first-order valence-corrected chi connectivity index (χ1v) is 12.4. The standard InChI is InChI=1S/C28H33FN2O3/c1-18-23(11-14-34-18)27(32)30(2)26(17-22-5-3-4-6-25(22)29)20-9-12-31(13-10-20)28(33)24-16-19-7-8-21(24)15-19/h3-8,11,14,19-21,24,26H,9-10,12-13,15-17H2,1-2H3/t19-,21+,24+,26?/m1/s1. The lowest BCUT2D eigenvalue weighted by molar-refractivity contribution is -0.138. The van der Waals surface area contributed by atoms with Crippen LogP contribution in [-0.2, 0) is 11.2 Å². The third-order valence-electron chi connectivity index (χ3n) is 8.29. The van der Waals surface area contributed by atoms with Crippen LogP contribution in [0.5, 0.6) is 0 Å². The van der Waals surface area contributed by atoms with Crippen LogP contribution in [0.3, 0.4) is 0 Å². The molecule has 6 heteroatoms. The van der Waals surface area contributed by atoms with Crippen LogP contribution in [-0.4, -0.2) is 47.8 Å². The molecule has 0 N–H and O–H groups in total. The number of amides is 2. The second kappa shape index (κ2) is 9.40. The molecule has 1 saturated carbocycles. The third kappa shape index (κ3) is 4.30. The van der Waals surface area contributed by atoms with Gasteiger partial charge in [-0.25, -0.2) is 4.39 Å². The zero-order chi connectivity index (χ0) is 23.8. The molecule has 34 heavy (non-hydrogen) atoms. The van der Waals surface area contributed by atoms with E-state index in [1.807, 2.05) is 11.0 Å². The fourth-order valence-corrected chi connectivity index (χ4v) is 6.26. The largest absolute Gasteiger partial charge is 0.469 e. The third-order valence-corrected chi connectivity index (χ3v) is 8.29. The molecule has 0 spiro atoms. The molecule has 1 aliphatic heterocycles. The van der Waals surface area contributed by atoms with Crippen molar-refractivity contribution >= 4 is 11.8 Å². The number of nitrogens with zero attached hydrogens (tertiary/aromatic N) is 2. The van der Waals surface area contributed by atoms with Gasteiger partial charge in [0, 0.05) is 32.1 Å². The summed E-state index contributed by atoms with van der Waals surface area (Å²) in [6.07, 6.45) is 10.2. The van der Waals surface area contributed by atoms with Gasteiger partial charge in [0.05, 0.1) is 11.8 Å². The topological polar surface area (TPSA) is 53.8 Å². The van der Waals surface area contributed by atoms with E-state index < -0.39 is 0 Å². The number of carbonyl (C=O) groups is 2. The highest BCUT2D eigenvalue weighted by molar-refractivity contribution is 5.95. The highest BCUT2D eigenvalue weighted by Crippen LogP contribution is 2.44. The quantitative estimate of drug-likeness (QED) is 0.574. The van der Waals surface area contributed by atoms with E-state index in [-0.39, 0.29) is 29.6 Å². The molecule has 0 radical (unpaired) electrons. The first kappa shape index (κ1) is 22.9. The summed E-state index contributed by atoms with van der Waals surface area (Å²) in [6, 6.07) is 8.32. The van der Waals surface area contributed by atoms with Crippen LogP contribution in [0.1, 0.15) is 47.4 Å². The predicted octanol–water partition coefficient (Wildman–Crippen LogP) is 4.86. The first-order chi connectivity index (χ1) is 16.4. The molecule has 2 aliphatic carbocycles. The lowest BCUT2D eigenvalue weighted by Gasteiger charge is -2.41. The van der Waals surface area contributed by atoms with E-state index in [9.17, 15) is 14.0 Å². The molecule has 2 bridgehead atoms. The number of piperidine rings is 1. The number of hydrogen-bond acceptors (Lipinski definition) is 3. The van der Waals surface area contributed by atoms with Crippen molar-refractivity contribution in [2.45, 2.75) is 45.1 Å². The minimum absolute atomic E-state index is 0.111. The molecule has 2 heterocycles. The average molecular weight is 465 g/mol. The Bertz CT molecular complexity index is 1080. The van der Waals surface area contributed by atoms with Crippen molar-refractivity contribution in [1.82, 2.24) is 9.80 Å². The maximum absolute atomic E-state index is 14.6. The maximum atomic E-state index is 14.6. The Hall–Kier alpha value is -2.89. The molecular formula is C28H33FN2O3. The number of fused-ring (bicyclic) bond motifs is 2. The summed E-state index contributed by atoms with van der Waals surface area (Å²) in [5.41, 5.74) is 1.15. The van der Waals surface area contributed by atoms with Crippen molar-refractivity contribution in [2.75, 3.05) is 20.1 Å². The Morgan fingerprint density at radius 1 is 1.15 bits per heavy atom. The van der Waals surface area contributed by atoms with Crippen molar-refractivity contribution in [2.24, 2.45) is 23.7 Å². The molecule has 2 aromatic rings. The van der Waals surface area contributed by atoms with Crippen molar-refractivity contribution in [1.29, 1.82) is 0 Å². The van der Waals surface area contributed by atoms with E-state index >= 15 is 0 Å². The van der Waals surface area contributed by atoms with Gasteiger partial charge in [-0.3, -0.25) is 9.59 Å². The second-order valence-electron chi connectivity index (χ2n) is 10.2. The normalized spacial score (nSPS) is 25.0. The SMILES string of the molecule is Cc1occc1C(=O)N(C)C(Cc1ccccc1F)C1CCN(C(=O)[C@H]2C[C@@H]3C=C[C@H]2C3)CC1. The molecule has 1 aromatic carbocycles. The van der Waals surface area contributed by atoms with Gasteiger partial charge in [-0.2, -0.15) is 0 Å². The fraction of sp³-hybridized carbons (Fsp3) is 0.500. The van der Waals surface area contributed by atoms with Crippen LogP contribution >= 0.6 is 0 Å². The van der Waals surface area contributed by atoms with Gasteiger partial charge in [0.15, 0.2) is 0 Å². The van der Waals surface area contributed by atoms with Gasteiger partial charge >= 0.3 is 0 Å². The minimum Gasteiger partial charge on any atom is -0.469 e. The molecule has 5 rings (SSSR count). The number of allylic oxidation sites excluding steroid dienone is 2. The smallest absolute Gasteiger partial charge is 0.257 e. The van der Waals surface area contributed by atoms with Crippen LogP contribution in [0.25, 0.3) is 0 Å². The van der Waals surface area contributed by atoms with Crippen LogP contribution in [0, 0.1) is 36.4 Å². The van der Waals surface area contributed by atoms with E-state index in [1.165, 1.54) is 12.3 Å². The lowest BCUT2D eigenvalue weighted by atomic mass is 9.83. The Balaban J connectivity index is 1.31. The van der Waals surface area contributed by atoms with Crippen LogP contribution in [0.15, 0.2) is 53.2 Å². The number of hydrogen-bond donors (Lipinski definition) is 0. The van der Waals surface area contributed by atoms with Gasteiger partial charge in [-0.1, -0.05) is 30.4 Å². The van der Waals surface area contributed by atoms with Crippen LogP contribution < -0.4 is 0 Å². The molecule has 2 amide bonds. The monoisotopic (exact) mass is 464 g/mol. The van der Waals surface area contributed by atoms with E-state index in [1.54, 1.807) is 37.1 Å². The lowest BCUT2D eigenvalue weighted by Crippen LogP contribution is -2.49. The molecule has 4 atom stereocenters. The highest BCUT2D eigenvalue weighted by atomic mass is 19.1. The summed E-state index contributed by atoms with van der Waals surface area (Å²) in [5.74, 6) is 1.82. The Kier molecular flexibility index (Phi) is 6.32. The van der Waals surface area contributed by atoms with Crippen molar-refractivity contribution in [3.05, 3.63) is 71.5 Å². The number of carbonyl (C=O) groups excluding carboxylic acids is 2. The number of rotatable bonds is 6. The number of benzene rings is 1. The fourth-order valence-electron chi connectivity index (χ4n) is 6.26. The average Bonchev–Trinajstić information content (AvgIpc) is 3.60. The Morgan fingerprint density at radius 3 is 2.53 bits per heavy atom. The summed E-state index contributed by atoms with van der Waals surface area (Å²) in [7, 11) is 1.80. The Morgan fingerprint density at radius 2 is 1.91 bits per heavy atom. The van der Waals surface area contributed by atoms with Gasteiger partial charge < -0.3 is 14.2 Å². The van der Waals surface area contributed by atoms with Crippen molar-refractivity contribution in [3.63, 3.8) is 0 Å². The summed E-state index contributed by atoms with van der Waals surface area (Å²) in [5, 5.41) is 0. The summed E-state index contributed by atoms with van der Waals surface area (Å²) < 4.78 is 19.9. The minimum atomic E-state index is -0.246. The van der Waals surface area contributed by atoms with E-state index in [0.717, 1.165) is 25.7 Å².